The minimum absolute atomic E-state index is 0.0869. The molecule has 0 aliphatic heterocycles. The van der Waals surface area contributed by atoms with Crippen molar-refractivity contribution in [1.82, 2.24) is 4.90 Å². The fourth-order valence-corrected chi connectivity index (χ4v) is 3.68. The van der Waals surface area contributed by atoms with E-state index in [1.807, 2.05) is 7.05 Å². The lowest BCUT2D eigenvalue weighted by atomic mass is 10.1. The molecule has 0 unspecified atom stereocenters. The van der Waals surface area contributed by atoms with Gasteiger partial charge in [0.1, 0.15) is 0 Å². The SMILES string of the molecule is COc1cc(NC(=O)CN(C)[C@H]2CCc3ccccc32)cc(OC)c1OC. The number of benzene rings is 2. The summed E-state index contributed by atoms with van der Waals surface area (Å²) in [5.74, 6) is 1.42. The van der Waals surface area contributed by atoms with Crippen LogP contribution in [0.1, 0.15) is 23.6 Å². The Hall–Kier alpha value is -2.73. The number of aryl methyl sites for hydroxylation is 1. The van der Waals surface area contributed by atoms with Crippen LogP contribution in [0.2, 0.25) is 0 Å². The third-order valence-corrected chi connectivity index (χ3v) is 4.97. The number of methoxy groups -OCH3 is 3. The number of ether oxygens (including phenoxy) is 3. The summed E-state index contributed by atoms with van der Waals surface area (Å²) in [4.78, 5) is 14.7. The van der Waals surface area contributed by atoms with E-state index in [-0.39, 0.29) is 11.9 Å². The van der Waals surface area contributed by atoms with Gasteiger partial charge in [0.2, 0.25) is 11.7 Å². The number of nitrogens with zero attached hydrogens (tertiary/aromatic N) is 1. The van der Waals surface area contributed by atoms with E-state index in [2.05, 4.69) is 34.5 Å². The molecule has 6 heteroatoms. The summed E-state index contributed by atoms with van der Waals surface area (Å²) < 4.78 is 16.0. The van der Waals surface area contributed by atoms with Gasteiger partial charge in [-0.05, 0) is 31.0 Å². The first-order valence-electron chi connectivity index (χ1n) is 8.95. The molecule has 0 bridgehead atoms. The summed E-state index contributed by atoms with van der Waals surface area (Å²) in [5.41, 5.74) is 3.30. The van der Waals surface area contributed by atoms with Crippen LogP contribution in [0, 0.1) is 0 Å². The smallest absolute Gasteiger partial charge is 0.238 e. The van der Waals surface area contributed by atoms with Gasteiger partial charge in [0, 0.05) is 23.9 Å². The average Bonchev–Trinajstić information content (AvgIpc) is 3.11. The predicted molar refractivity (Wildman–Crippen MR) is 105 cm³/mol. The summed E-state index contributed by atoms with van der Waals surface area (Å²) in [6.07, 6.45) is 2.09. The molecule has 3 rings (SSSR count). The van der Waals surface area contributed by atoms with E-state index in [4.69, 9.17) is 14.2 Å². The fraction of sp³-hybridized carbons (Fsp3) is 0.381. The summed E-state index contributed by atoms with van der Waals surface area (Å²) in [6, 6.07) is 12.2. The highest BCUT2D eigenvalue weighted by Gasteiger charge is 2.26. The summed E-state index contributed by atoms with van der Waals surface area (Å²) in [7, 11) is 6.64. The Morgan fingerprint density at radius 3 is 2.41 bits per heavy atom. The van der Waals surface area contributed by atoms with Gasteiger partial charge in [0.25, 0.3) is 0 Å². The second kappa shape index (κ2) is 8.31. The Labute approximate surface area is 160 Å². The summed E-state index contributed by atoms with van der Waals surface area (Å²) >= 11 is 0. The zero-order valence-electron chi connectivity index (χ0n) is 16.2. The Bertz CT molecular complexity index is 797. The fourth-order valence-electron chi connectivity index (χ4n) is 3.68. The highest BCUT2D eigenvalue weighted by atomic mass is 16.5. The van der Waals surface area contributed by atoms with Gasteiger partial charge in [-0.3, -0.25) is 9.69 Å². The third kappa shape index (κ3) is 4.01. The molecule has 2 aromatic rings. The third-order valence-electron chi connectivity index (χ3n) is 4.97. The summed E-state index contributed by atoms with van der Waals surface area (Å²) in [6.45, 7) is 0.301. The Morgan fingerprint density at radius 2 is 1.78 bits per heavy atom. The van der Waals surface area contributed by atoms with Gasteiger partial charge in [-0.2, -0.15) is 0 Å². The highest BCUT2D eigenvalue weighted by Crippen LogP contribution is 2.40. The summed E-state index contributed by atoms with van der Waals surface area (Å²) in [5, 5.41) is 2.92. The van der Waals surface area contributed by atoms with Crippen LogP contribution in [0.3, 0.4) is 0 Å². The minimum atomic E-state index is -0.0869. The van der Waals surface area contributed by atoms with Gasteiger partial charge < -0.3 is 19.5 Å². The molecule has 0 heterocycles. The van der Waals surface area contributed by atoms with Gasteiger partial charge in [-0.1, -0.05) is 24.3 Å². The lowest BCUT2D eigenvalue weighted by molar-refractivity contribution is -0.117. The average molecular weight is 370 g/mol. The molecule has 0 saturated heterocycles. The monoisotopic (exact) mass is 370 g/mol. The second-order valence-electron chi connectivity index (χ2n) is 6.63. The first-order chi connectivity index (χ1) is 13.1. The number of hydrogen-bond acceptors (Lipinski definition) is 5. The van der Waals surface area contributed by atoms with Crippen molar-refractivity contribution in [3.63, 3.8) is 0 Å². The molecular formula is C21H26N2O4. The molecule has 1 amide bonds. The molecule has 0 radical (unpaired) electrons. The van der Waals surface area contributed by atoms with Gasteiger partial charge in [-0.25, -0.2) is 0 Å². The van der Waals surface area contributed by atoms with Crippen LogP contribution in [-0.2, 0) is 11.2 Å². The van der Waals surface area contributed by atoms with E-state index in [0.717, 1.165) is 12.8 Å². The van der Waals surface area contributed by atoms with Crippen LogP contribution in [-0.4, -0.2) is 45.7 Å². The standard InChI is InChI=1S/C21H26N2O4/c1-23(17-10-9-14-7-5-6-8-16(14)17)13-20(24)22-15-11-18(25-2)21(27-4)19(12-15)26-3/h5-8,11-12,17H,9-10,13H2,1-4H3,(H,22,24)/t17-/m0/s1. The molecule has 1 aliphatic carbocycles. The van der Waals surface area contributed by atoms with Crippen molar-refractivity contribution < 1.29 is 19.0 Å². The molecule has 1 atom stereocenters. The Balaban J connectivity index is 1.69. The number of anilines is 1. The van der Waals surface area contributed by atoms with Crippen LogP contribution in [0.5, 0.6) is 17.2 Å². The van der Waals surface area contributed by atoms with Crippen LogP contribution in [0.25, 0.3) is 0 Å². The van der Waals surface area contributed by atoms with Crippen LogP contribution in [0.15, 0.2) is 36.4 Å². The van der Waals surface area contributed by atoms with E-state index in [1.54, 1.807) is 33.5 Å². The number of likely N-dealkylation sites (N-methyl/N-ethyl adjacent to an activating group) is 1. The van der Waals surface area contributed by atoms with Gasteiger partial charge >= 0.3 is 0 Å². The maximum absolute atomic E-state index is 12.6. The van der Waals surface area contributed by atoms with Crippen LogP contribution < -0.4 is 19.5 Å². The van der Waals surface area contributed by atoms with E-state index in [9.17, 15) is 4.79 Å². The topological polar surface area (TPSA) is 60.0 Å². The maximum Gasteiger partial charge on any atom is 0.238 e. The maximum atomic E-state index is 12.6. The normalized spacial score (nSPS) is 15.4. The molecule has 0 spiro atoms. The number of carbonyl (C=O) groups is 1. The van der Waals surface area contributed by atoms with E-state index < -0.39 is 0 Å². The van der Waals surface area contributed by atoms with E-state index in [0.29, 0.717) is 29.5 Å². The molecule has 0 aromatic heterocycles. The molecule has 2 aromatic carbocycles. The van der Waals surface area contributed by atoms with Crippen LogP contribution in [0.4, 0.5) is 5.69 Å². The van der Waals surface area contributed by atoms with Crippen molar-refractivity contribution in [1.29, 1.82) is 0 Å². The molecule has 0 fully saturated rings. The number of hydrogen-bond donors (Lipinski definition) is 1. The molecular weight excluding hydrogens is 344 g/mol. The molecule has 27 heavy (non-hydrogen) atoms. The highest BCUT2D eigenvalue weighted by molar-refractivity contribution is 5.93. The Kier molecular flexibility index (Phi) is 5.86. The van der Waals surface area contributed by atoms with Gasteiger partial charge in [-0.15, -0.1) is 0 Å². The van der Waals surface area contributed by atoms with Crippen LogP contribution >= 0.6 is 0 Å². The minimum Gasteiger partial charge on any atom is -0.493 e. The van der Waals surface area contributed by atoms with Crippen molar-refractivity contribution in [3.8, 4) is 17.2 Å². The molecule has 0 saturated carbocycles. The number of carbonyl (C=O) groups excluding carboxylic acids is 1. The van der Waals surface area contributed by atoms with Crippen molar-refractivity contribution in [2.45, 2.75) is 18.9 Å². The van der Waals surface area contributed by atoms with Crippen molar-refractivity contribution in [3.05, 3.63) is 47.5 Å². The van der Waals surface area contributed by atoms with Crippen molar-refractivity contribution in [2.24, 2.45) is 0 Å². The molecule has 1 N–H and O–H groups in total. The molecule has 1 aliphatic rings. The number of nitrogens with one attached hydrogen (secondary N) is 1. The van der Waals surface area contributed by atoms with Gasteiger partial charge in [0.15, 0.2) is 11.5 Å². The first kappa shape index (κ1) is 19.0. The van der Waals surface area contributed by atoms with Crippen molar-refractivity contribution in [2.75, 3.05) is 40.2 Å². The lowest BCUT2D eigenvalue weighted by Crippen LogP contribution is -2.32. The van der Waals surface area contributed by atoms with E-state index in [1.165, 1.54) is 11.1 Å². The second-order valence-corrected chi connectivity index (χ2v) is 6.63. The zero-order chi connectivity index (χ0) is 19.4. The number of fused-ring (bicyclic) bond motifs is 1. The lowest BCUT2D eigenvalue weighted by Gasteiger charge is -2.24. The quantitative estimate of drug-likeness (QED) is 0.811. The van der Waals surface area contributed by atoms with E-state index >= 15 is 0 Å². The number of amides is 1. The zero-order valence-corrected chi connectivity index (χ0v) is 16.2. The number of rotatable bonds is 7. The van der Waals surface area contributed by atoms with Crippen molar-refractivity contribution >= 4 is 11.6 Å². The Morgan fingerprint density at radius 1 is 1.11 bits per heavy atom. The molecule has 144 valence electrons. The predicted octanol–water partition coefficient (Wildman–Crippen LogP) is 3.27. The molecule has 6 nitrogen and oxygen atoms in total. The van der Waals surface area contributed by atoms with Gasteiger partial charge in [0.05, 0.1) is 27.9 Å². The largest absolute Gasteiger partial charge is 0.493 e. The first-order valence-corrected chi connectivity index (χ1v) is 8.95.